The van der Waals surface area contributed by atoms with Crippen molar-refractivity contribution in [1.29, 1.82) is 0 Å². The number of anilines is 1. The third-order valence-electron chi connectivity index (χ3n) is 4.53. The van der Waals surface area contributed by atoms with Crippen LogP contribution in [0.3, 0.4) is 0 Å². The van der Waals surface area contributed by atoms with Crippen LogP contribution in [0.4, 0.5) is 5.69 Å². The molecule has 1 aromatic rings. The van der Waals surface area contributed by atoms with Crippen molar-refractivity contribution in [2.24, 2.45) is 17.8 Å². The van der Waals surface area contributed by atoms with E-state index in [0.29, 0.717) is 11.6 Å². The van der Waals surface area contributed by atoms with Gasteiger partial charge < -0.3 is 10.6 Å². The lowest BCUT2D eigenvalue weighted by Crippen LogP contribution is -2.31. The summed E-state index contributed by atoms with van der Waals surface area (Å²) in [5.74, 6) is 2.40. The number of rotatable bonds is 8. The maximum atomic E-state index is 12.2. The number of carbonyl (C=O) groups excluding carboxylic acids is 1. The lowest BCUT2D eigenvalue weighted by molar-refractivity contribution is 0.0938. The summed E-state index contributed by atoms with van der Waals surface area (Å²) >= 11 is 0. The average Bonchev–Trinajstić information content (AvgIpc) is 3.38. The maximum Gasteiger partial charge on any atom is 0.269 e. The number of carbonyl (C=O) groups is 1. The van der Waals surface area contributed by atoms with Crippen molar-refractivity contribution in [3.05, 3.63) is 24.0 Å². The third kappa shape index (κ3) is 3.96. The second-order valence-electron chi connectivity index (χ2n) is 6.41. The molecule has 1 heterocycles. The van der Waals surface area contributed by atoms with E-state index < -0.39 is 0 Å². The highest BCUT2D eigenvalue weighted by Gasteiger charge is 2.41. The molecule has 1 amide bonds. The molecular weight excluding hydrogens is 262 g/mol. The van der Waals surface area contributed by atoms with Crippen molar-refractivity contribution in [3.8, 4) is 0 Å². The Morgan fingerprint density at radius 1 is 1.29 bits per heavy atom. The Hall–Kier alpha value is -1.58. The van der Waals surface area contributed by atoms with Crippen molar-refractivity contribution in [1.82, 2.24) is 10.3 Å². The van der Waals surface area contributed by atoms with Crippen LogP contribution in [0.25, 0.3) is 0 Å². The van der Waals surface area contributed by atoms with Gasteiger partial charge in [-0.05, 0) is 62.0 Å². The summed E-state index contributed by atoms with van der Waals surface area (Å²) in [6.07, 6.45) is 8.23. The zero-order valence-electron chi connectivity index (χ0n) is 12.8. The minimum atomic E-state index is -0.0386. The predicted molar refractivity (Wildman–Crippen MR) is 84.3 cm³/mol. The van der Waals surface area contributed by atoms with Gasteiger partial charge in [-0.15, -0.1) is 0 Å². The first kappa shape index (κ1) is 14.4. The van der Waals surface area contributed by atoms with Crippen molar-refractivity contribution >= 4 is 11.6 Å². The lowest BCUT2D eigenvalue weighted by atomic mass is 9.98. The van der Waals surface area contributed by atoms with E-state index in [-0.39, 0.29) is 5.91 Å². The van der Waals surface area contributed by atoms with Crippen LogP contribution in [0.5, 0.6) is 0 Å². The highest BCUT2D eigenvalue weighted by Crippen LogP contribution is 2.48. The molecule has 4 nitrogen and oxygen atoms in total. The fraction of sp³-hybridized carbons (Fsp3) is 0.647. The van der Waals surface area contributed by atoms with Crippen molar-refractivity contribution in [2.45, 2.75) is 39.0 Å². The van der Waals surface area contributed by atoms with Gasteiger partial charge in [0.25, 0.3) is 5.91 Å². The van der Waals surface area contributed by atoms with Gasteiger partial charge in [0.2, 0.25) is 0 Å². The molecular formula is C17H25N3O. The Morgan fingerprint density at radius 2 is 2.00 bits per heavy atom. The van der Waals surface area contributed by atoms with E-state index in [1.165, 1.54) is 25.7 Å². The lowest BCUT2D eigenvalue weighted by Gasteiger charge is -2.16. The fourth-order valence-electron chi connectivity index (χ4n) is 2.97. The van der Waals surface area contributed by atoms with Gasteiger partial charge in [0, 0.05) is 13.1 Å². The van der Waals surface area contributed by atoms with Gasteiger partial charge in [0.05, 0.1) is 11.9 Å². The number of hydrogen-bond donors (Lipinski definition) is 2. The van der Waals surface area contributed by atoms with Gasteiger partial charge in [-0.3, -0.25) is 4.79 Å². The maximum absolute atomic E-state index is 12.2. The quantitative estimate of drug-likeness (QED) is 0.772. The summed E-state index contributed by atoms with van der Waals surface area (Å²) in [5.41, 5.74) is 1.49. The van der Waals surface area contributed by atoms with E-state index in [1.54, 1.807) is 12.3 Å². The molecule has 2 N–H and O–H groups in total. The second kappa shape index (κ2) is 6.46. The standard InChI is InChI=1S/C17H25N3O/c1-2-9-18-14-7-8-16(19-10-14)17(21)20-11-15(12-3-4-12)13-5-6-13/h7-8,10,12-13,15,18H,2-6,9,11H2,1H3,(H,20,21). The Balaban J connectivity index is 1.50. The van der Waals surface area contributed by atoms with Crippen LogP contribution >= 0.6 is 0 Å². The first-order valence-electron chi connectivity index (χ1n) is 8.26. The van der Waals surface area contributed by atoms with Crippen LogP contribution < -0.4 is 10.6 Å². The van der Waals surface area contributed by atoms with Gasteiger partial charge >= 0.3 is 0 Å². The Labute approximate surface area is 126 Å². The molecule has 0 unspecified atom stereocenters. The molecule has 2 saturated carbocycles. The van der Waals surface area contributed by atoms with Crippen LogP contribution in [-0.2, 0) is 0 Å². The molecule has 0 aliphatic heterocycles. The Bertz CT molecular complexity index is 465. The molecule has 2 fully saturated rings. The molecule has 2 aliphatic rings. The molecule has 0 aromatic carbocycles. The normalized spacial score (nSPS) is 17.8. The van der Waals surface area contributed by atoms with E-state index in [4.69, 9.17) is 0 Å². The summed E-state index contributed by atoms with van der Waals surface area (Å²) < 4.78 is 0. The summed E-state index contributed by atoms with van der Waals surface area (Å²) in [6, 6.07) is 3.73. The highest BCUT2D eigenvalue weighted by atomic mass is 16.1. The summed E-state index contributed by atoms with van der Waals surface area (Å²) in [5, 5.41) is 6.35. The zero-order valence-corrected chi connectivity index (χ0v) is 12.8. The SMILES string of the molecule is CCCNc1ccc(C(=O)NCC(C2CC2)C2CC2)nc1. The highest BCUT2D eigenvalue weighted by molar-refractivity contribution is 5.92. The van der Waals surface area contributed by atoms with Gasteiger partial charge in [-0.25, -0.2) is 4.98 Å². The van der Waals surface area contributed by atoms with Crippen LogP contribution in [0.15, 0.2) is 18.3 Å². The van der Waals surface area contributed by atoms with E-state index in [2.05, 4.69) is 22.5 Å². The second-order valence-corrected chi connectivity index (χ2v) is 6.41. The fourth-order valence-corrected chi connectivity index (χ4v) is 2.97. The third-order valence-corrected chi connectivity index (χ3v) is 4.53. The molecule has 4 heteroatoms. The average molecular weight is 287 g/mol. The minimum Gasteiger partial charge on any atom is -0.384 e. The molecule has 21 heavy (non-hydrogen) atoms. The zero-order chi connectivity index (χ0) is 14.7. The summed E-state index contributed by atoms with van der Waals surface area (Å²) in [4.78, 5) is 16.4. The number of pyridine rings is 1. The first-order valence-corrected chi connectivity index (χ1v) is 8.26. The first-order chi connectivity index (χ1) is 10.3. The molecule has 1 aromatic heterocycles. The monoisotopic (exact) mass is 287 g/mol. The minimum absolute atomic E-state index is 0.0386. The smallest absolute Gasteiger partial charge is 0.269 e. The summed E-state index contributed by atoms with van der Waals surface area (Å²) in [7, 11) is 0. The number of nitrogens with zero attached hydrogens (tertiary/aromatic N) is 1. The largest absolute Gasteiger partial charge is 0.384 e. The molecule has 114 valence electrons. The Morgan fingerprint density at radius 3 is 2.52 bits per heavy atom. The topological polar surface area (TPSA) is 54.0 Å². The van der Waals surface area contributed by atoms with E-state index in [0.717, 1.165) is 37.0 Å². The van der Waals surface area contributed by atoms with Crippen molar-refractivity contribution in [2.75, 3.05) is 18.4 Å². The van der Waals surface area contributed by atoms with Gasteiger partial charge in [0.15, 0.2) is 0 Å². The van der Waals surface area contributed by atoms with Crippen molar-refractivity contribution in [3.63, 3.8) is 0 Å². The van der Waals surface area contributed by atoms with Crippen LogP contribution in [-0.4, -0.2) is 24.0 Å². The van der Waals surface area contributed by atoms with Gasteiger partial charge in [-0.1, -0.05) is 6.92 Å². The van der Waals surface area contributed by atoms with Gasteiger partial charge in [-0.2, -0.15) is 0 Å². The van der Waals surface area contributed by atoms with E-state index in [9.17, 15) is 4.79 Å². The van der Waals surface area contributed by atoms with Crippen LogP contribution in [0.1, 0.15) is 49.5 Å². The van der Waals surface area contributed by atoms with Crippen molar-refractivity contribution < 1.29 is 4.79 Å². The van der Waals surface area contributed by atoms with E-state index >= 15 is 0 Å². The molecule has 0 bridgehead atoms. The molecule has 0 saturated heterocycles. The number of amides is 1. The predicted octanol–water partition coefficient (Wildman–Crippen LogP) is 3.07. The van der Waals surface area contributed by atoms with Crippen LogP contribution in [0, 0.1) is 17.8 Å². The summed E-state index contributed by atoms with van der Waals surface area (Å²) in [6.45, 7) is 3.88. The number of nitrogens with one attached hydrogen (secondary N) is 2. The number of aromatic nitrogens is 1. The molecule has 0 radical (unpaired) electrons. The number of hydrogen-bond acceptors (Lipinski definition) is 3. The molecule has 3 rings (SSSR count). The van der Waals surface area contributed by atoms with Crippen LogP contribution in [0.2, 0.25) is 0 Å². The van der Waals surface area contributed by atoms with Gasteiger partial charge in [0.1, 0.15) is 5.69 Å². The molecule has 0 atom stereocenters. The Kier molecular flexibility index (Phi) is 4.42. The molecule has 2 aliphatic carbocycles. The van der Waals surface area contributed by atoms with E-state index in [1.807, 2.05) is 6.07 Å². The molecule has 0 spiro atoms.